The minimum Gasteiger partial charge on any atom is -0.519 e. The summed E-state index contributed by atoms with van der Waals surface area (Å²) < 4.78 is 31.3. The second-order valence-corrected chi connectivity index (χ2v) is 31.4. The Hall–Kier alpha value is 0.448. The average molecular weight is 458 g/mol. The number of rotatable bonds is 10. The molecular weight excluding hydrogens is 417 g/mol. The molecule has 0 bridgehead atoms. The van der Waals surface area contributed by atoms with Crippen molar-refractivity contribution in [1.82, 2.24) is 4.98 Å². The molecule has 0 aliphatic rings. The van der Waals surface area contributed by atoms with E-state index >= 15 is 0 Å². The minimum absolute atomic E-state index is 0.0229. The van der Waals surface area contributed by atoms with Crippen LogP contribution in [0, 0.1) is 0 Å². The average Bonchev–Trinajstić information content (AvgIpc) is 2.16. The molecule has 0 spiro atoms. The van der Waals surface area contributed by atoms with Crippen molar-refractivity contribution in [2.75, 3.05) is 6.16 Å². The zero-order chi connectivity index (χ0) is 21.2. The predicted octanol–water partition coefficient (Wildman–Crippen LogP) is 5.05. The third-order valence-corrected chi connectivity index (χ3v) is 12.0. The van der Waals surface area contributed by atoms with E-state index in [9.17, 15) is 9.36 Å². The van der Waals surface area contributed by atoms with Crippen LogP contribution < -0.4 is 4.98 Å². The Morgan fingerprint density at radius 2 is 1.19 bits per heavy atom. The lowest BCUT2D eigenvalue weighted by Crippen LogP contribution is -2.55. The minimum atomic E-state index is -3.43. The maximum Gasteiger partial charge on any atom is 0.313 e. The van der Waals surface area contributed by atoms with Crippen molar-refractivity contribution < 1.29 is 22.2 Å². The van der Waals surface area contributed by atoms with Gasteiger partial charge in [-0.3, -0.25) is 9.36 Å². The zero-order valence-corrected chi connectivity index (χ0v) is 23.7. The van der Waals surface area contributed by atoms with Gasteiger partial charge < -0.3 is 17.8 Å². The molecule has 0 rings (SSSR count). The summed E-state index contributed by atoms with van der Waals surface area (Å²) in [6.45, 7) is 24.1. The highest BCUT2D eigenvalue weighted by Crippen LogP contribution is 2.53. The van der Waals surface area contributed by atoms with E-state index in [1.807, 2.05) is 58.9 Å². The van der Waals surface area contributed by atoms with Crippen molar-refractivity contribution in [2.24, 2.45) is 0 Å². The molecule has 0 aromatic carbocycles. The van der Waals surface area contributed by atoms with Crippen LogP contribution in [0.3, 0.4) is 0 Å². The first-order valence-corrected chi connectivity index (χ1v) is 24.6. The Kier molecular flexibility index (Phi) is 9.01. The number of hydrogen-bond acceptors (Lipinski definition) is 6. The van der Waals surface area contributed by atoms with Crippen LogP contribution in [0.25, 0.3) is 0 Å². The molecule has 1 atom stereocenters. The van der Waals surface area contributed by atoms with Crippen LogP contribution in [0.5, 0.6) is 0 Å². The third-order valence-electron chi connectivity index (χ3n) is 2.53. The number of hydrogen-bond donors (Lipinski definition) is 1. The van der Waals surface area contributed by atoms with Crippen LogP contribution in [0.2, 0.25) is 78.6 Å². The molecule has 0 fully saturated rings. The van der Waals surface area contributed by atoms with Gasteiger partial charge >= 0.3 is 13.6 Å². The fraction of sp³-hybridized carbons (Fsp3) is 0.933. The molecule has 0 aromatic heterocycles. The molecule has 0 aliphatic heterocycles. The molecule has 0 radical (unpaired) electrons. The first kappa shape index (κ1) is 26.4. The standard InChI is InChI=1S/C15H40NO5PSi4/c1-23(2,3)16-14(15(17)19-24(4,5)6)13-22(18,20-25(7,8)9)21-26(10,11)12/h14,16H,13H2,1-12H3. The molecule has 1 unspecified atom stereocenters. The molecule has 6 nitrogen and oxygen atoms in total. The maximum atomic E-state index is 13.6. The summed E-state index contributed by atoms with van der Waals surface area (Å²) in [5.41, 5.74) is 0. The van der Waals surface area contributed by atoms with Crippen molar-refractivity contribution >= 4 is 46.8 Å². The summed E-state index contributed by atoms with van der Waals surface area (Å²) in [6.07, 6.45) is 0.0229. The highest BCUT2D eigenvalue weighted by molar-refractivity contribution is 7.57. The molecule has 0 aromatic rings. The van der Waals surface area contributed by atoms with E-state index in [1.165, 1.54) is 0 Å². The van der Waals surface area contributed by atoms with Crippen LogP contribution in [0.15, 0.2) is 0 Å². The quantitative estimate of drug-likeness (QED) is 0.365. The summed E-state index contributed by atoms with van der Waals surface area (Å²) in [5, 5.41) is 0. The normalized spacial score (nSPS) is 15.7. The summed E-state index contributed by atoms with van der Waals surface area (Å²) in [7, 11) is -11.6. The van der Waals surface area contributed by atoms with E-state index in [-0.39, 0.29) is 12.1 Å². The second-order valence-electron chi connectivity index (χ2n) is 10.7. The Balaban J connectivity index is 5.73. The van der Waals surface area contributed by atoms with Crippen LogP contribution in [0.1, 0.15) is 0 Å². The Morgan fingerprint density at radius 3 is 1.46 bits per heavy atom. The van der Waals surface area contributed by atoms with Crippen LogP contribution in [0.4, 0.5) is 0 Å². The number of carbonyl (C=O) groups is 1. The van der Waals surface area contributed by atoms with Gasteiger partial charge in [-0.25, -0.2) is 0 Å². The van der Waals surface area contributed by atoms with Crippen molar-refractivity contribution in [3.63, 3.8) is 0 Å². The topological polar surface area (TPSA) is 73.9 Å². The maximum absolute atomic E-state index is 13.6. The molecule has 0 amide bonds. The van der Waals surface area contributed by atoms with Crippen LogP contribution in [-0.4, -0.2) is 51.4 Å². The molecular formula is C15H40NO5PSi4. The van der Waals surface area contributed by atoms with E-state index in [1.54, 1.807) is 0 Å². The second kappa shape index (κ2) is 8.85. The van der Waals surface area contributed by atoms with E-state index in [2.05, 4.69) is 24.6 Å². The highest BCUT2D eigenvalue weighted by atomic mass is 31.2. The van der Waals surface area contributed by atoms with Gasteiger partial charge in [0.05, 0.1) is 6.16 Å². The van der Waals surface area contributed by atoms with E-state index in [0.29, 0.717) is 0 Å². The van der Waals surface area contributed by atoms with Crippen LogP contribution in [-0.2, 0) is 22.2 Å². The van der Waals surface area contributed by atoms with Crippen molar-refractivity contribution in [2.45, 2.75) is 84.6 Å². The SMILES string of the molecule is C[Si](C)(C)NC(CP(=O)(O[Si](C)(C)C)O[Si](C)(C)C)C(=O)O[Si](C)(C)C. The first-order valence-electron chi connectivity index (χ1n) is 9.12. The molecule has 0 saturated carbocycles. The van der Waals surface area contributed by atoms with Gasteiger partial charge in [0.2, 0.25) is 8.32 Å². The molecule has 11 heteroatoms. The van der Waals surface area contributed by atoms with Crippen molar-refractivity contribution in [3.8, 4) is 0 Å². The molecule has 26 heavy (non-hydrogen) atoms. The van der Waals surface area contributed by atoms with Gasteiger partial charge in [0, 0.05) is 0 Å². The Labute approximate surface area is 164 Å². The van der Waals surface area contributed by atoms with Crippen LogP contribution >= 0.6 is 7.60 Å². The fourth-order valence-electron chi connectivity index (χ4n) is 2.23. The van der Waals surface area contributed by atoms with Gasteiger partial charge in [0.25, 0.3) is 0 Å². The lowest BCUT2D eigenvalue weighted by molar-refractivity contribution is -0.136. The fourth-order valence-corrected chi connectivity index (χ4v) is 12.9. The zero-order valence-electron chi connectivity index (χ0n) is 18.8. The molecule has 1 N–H and O–H groups in total. The van der Waals surface area contributed by atoms with Gasteiger partial charge in [-0.2, -0.15) is 0 Å². The molecule has 0 saturated heterocycles. The van der Waals surface area contributed by atoms with E-state index < -0.39 is 46.8 Å². The van der Waals surface area contributed by atoms with Gasteiger partial charge in [-0.1, -0.05) is 19.6 Å². The molecule has 0 heterocycles. The van der Waals surface area contributed by atoms with Gasteiger partial charge in [-0.05, 0) is 58.9 Å². The van der Waals surface area contributed by atoms with Gasteiger partial charge in [-0.15, -0.1) is 0 Å². The Morgan fingerprint density at radius 1 is 0.808 bits per heavy atom. The van der Waals surface area contributed by atoms with Crippen molar-refractivity contribution in [1.29, 1.82) is 0 Å². The summed E-state index contributed by atoms with van der Waals surface area (Å²) in [4.78, 5) is 16.2. The summed E-state index contributed by atoms with van der Waals surface area (Å²) in [5.74, 6) is -0.342. The monoisotopic (exact) mass is 457 g/mol. The predicted molar refractivity (Wildman–Crippen MR) is 121 cm³/mol. The smallest absolute Gasteiger partial charge is 0.313 e. The largest absolute Gasteiger partial charge is 0.519 e. The van der Waals surface area contributed by atoms with Gasteiger partial charge in [0.15, 0.2) is 16.6 Å². The van der Waals surface area contributed by atoms with Gasteiger partial charge in [0.1, 0.15) is 14.3 Å². The molecule has 0 aliphatic carbocycles. The van der Waals surface area contributed by atoms with Crippen molar-refractivity contribution in [3.05, 3.63) is 0 Å². The first-order chi connectivity index (χ1) is 11.1. The third kappa shape index (κ3) is 13.6. The number of nitrogens with one attached hydrogen (secondary N) is 1. The summed E-state index contributed by atoms with van der Waals surface area (Å²) in [6, 6.07) is -0.674. The van der Waals surface area contributed by atoms with E-state index in [0.717, 1.165) is 0 Å². The number of carbonyl (C=O) groups excluding carboxylic acids is 1. The summed E-state index contributed by atoms with van der Waals surface area (Å²) >= 11 is 0. The lowest BCUT2D eigenvalue weighted by atomic mass is 10.4. The van der Waals surface area contributed by atoms with E-state index in [4.69, 9.17) is 12.9 Å². The Bertz CT molecular complexity index is 512. The highest BCUT2D eigenvalue weighted by Gasteiger charge is 2.42. The molecule has 156 valence electrons. The lowest BCUT2D eigenvalue weighted by Gasteiger charge is -2.35.